The standard InChI is InChI=1S/C13H13N3O2/c17-13(16-5-7-18-8-6-16)12-11-4-2-1-3-10(11)9-14-15-12/h1-4,9H,5-8H2. The van der Waals surface area contributed by atoms with E-state index in [4.69, 9.17) is 4.74 Å². The van der Waals surface area contributed by atoms with Gasteiger partial charge in [-0.15, -0.1) is 5.10 Å². The number of carbonyl (C=O) groups excluding carboxylic acids is 1. The third kappa shape index (κ3) is 1.93. The molecule has 1 fully saturated rings. The maximum absolute atomic E-state index is 12.4. The minimum absolute atomic E-state index is 0.0670. The molecule has 0 aliphatic carbocycles. The number of aromatic nitrogens is 2. The lowest BCUT2D eigenvalue weighted by Crippen LogP contribution is -2.41. The molecule has 1 aliphatic rings. The Balaban J connectivity index is 2.00. The van der Waals surface area contributed by atoms with Crippen molar-refractivity contribution in [2.45, 2.75) is 0 Å². The topological polar surface area (TPSA) is 55.3 Å². The van der Waals surface area contributed by atoms with Crippen molar-refractivity contribution in [1.82, 2.24) is 15.1 Å². The summed E-state index contributed by atoms with van der Waals surface area (Å²) in [4.78, 5) is 14.1. The molecule has 0 spiro atoms. The Morgan fingerprint density at radius 1 is 1.22 bits per heavy atom. The Hall–Kier alpha value is -2.01. The highest BCUT2D eigenvalue weighted by Crippen LogP contribution is 2.17. The maximum atomic E-state index is 12.4. The van der Waals surface area contributed by atoms with Crippen LogP contribution in [0.5, 0.6) is 0 Å². The van der Waals surface area contributed by atoms with Gasteiger partial charge >= 0.3 is 0 Å². The van der Waals surface area contributed by atoms with Crippen molar-refractivity contribution < 1.29 is 9.53 Å². The fourth-order valence-corrected chi connectivity index (χ4v) is 2.10. The molecule has 5 heteroatoms. The zero-order chi connectivity index (χ0) is 12.4. The first-order valence-electron chi connectivity index (χ1n) is 5.94. The number of hydrogen-bond acceptors (Lipinski definition) is 4. The van der Waals surface area contributed by atoms with Crippen LogP contribution in [0.1, 0.15) is 10.5 Å². The van der Waals surface area contributed by atoms with Gasteiger partial charge in [0.25, 0.3) is 5.91 Å². The lowest BCUT2D eigenvalue weighted by atomic mass is 10.1. The predicted molar refractivity (Wildman–Crippen MR) is 66.3 cm³/mol. The molecule has 0 atom stereocenters. The van der Waals surface area contributed by atoms with E-state index in [9.17, 15) is 4.79 Å². The SMILES string of the molecule is O=C(c1nncc2ccccc12)N1CCOCC1. The number of benzene rings is 1. The van der Waals surface area contributed by atoms with E-state index in [1.165, 1.54) is 0 Å². The van der Waals surface area contributed by atoms with E-state index in [-0.39, 0.29) is 5.91 Å². The molecule has 92 valence electrons. The molecule has 1 aromatic carbocycles. The number of fused-ring (bicyclic) bond motifs is 1. The first-order valence-corrected chi connectivity index (χ1v) is 5.94. The van der Waals surface area contributed by atoms with Gasteiger partial charge in [0.2, 0.25) is 0 Å². The third-order valence-electron chi connectivity index (χ3n) is 3.07. The molecule has 0 N–H and O–H groups in total. The molecular weight excluding hydrogens is 230 g/mol. The molecule has 1 aromatic heterocycles. The van der Waals surface area contributed by atoms with Crippen LogP contribution in [0, 0.1) is 0 Å². The Morgan fingerprint density at radius 2 is 2.00 bits per heavy atom. The Labute approximate surface area is 104 Å². The second-order valence-corrected chi connectivity index (χ2v) is 4.18. The van der Waals surface area contributed by atoms with E-state index in [0.29, 0.717) is 32.0 Å². The zero-order valence-corrected chi connectivity index (χ0v) is 9.87. The molecule has 3 rings (SSSR count). The smallest absolute Gasteiger partial charge is 0.275 e. The average molecular weight is 243 g/mol. The van der Waals surface area contributed by atoms with Crippen molar-refractivity contribution in [3.8, 4) is 0 Å². The molecule has 1 aliphatic heterocycles. The van der Waals surface area contributed by atoms with E-state index in [1.54, 1.807) is 11.1 Å². The van der Waals surface area contributed by atoms with Crippen LogP contribution < -0.4 is 0 Å². The van der Waals surface area contributed by atoms with Crippen LogP contribution in [0.3, 0.4) is 0 Å². The number of rotatable bonds is 1. The van der Waals surface area contributed by atoms with Gasteiger partial charge in [0.05, 0.1) is 19.4 Å². The molecule has 2 heterocycles. The molecule has 2 aromatic rings. The van der Waals surface area contributed by atoms with E-state index in [0.717, 1.165) is 10.8 Å². The second-order valence-electron chi connectivity index (χ2n) is 4.18. The fourth-order valence-electron chi connectivity index (χ4n) is 2.10. The number of amides is 1. The van der Waals surface area contributed by atoms with Crippen molar-refractivity contribution >= 4 is 16.7 Å². The predicted octanol–water partition coefficient (Wildman–Crippen LogP) is 1.10. The normalized spacial score (nSPS) is 15.9. The lowest BCUT2D eigenvalue weighted by molar-refractivity contribution is 0.0299. The summed E-state index contributed by atoms with van der Waals surface area (Å²) in [5.41, 5.74) is 0.426. The summed E-state index contributed by atoms with van der Waals surface area (Å²) in [6.45, 7) is 2.40. The van der Waals surface area contributed by atoms with Gasteiger partial charge in [-0.05, 0) is 0 Å². The van der Waals surface area contributed by atoms with Crippen LogP contribution in [-0.4, -0.2) is 47.3 Å². The van der Waals surface area contributed by atoms with Gasteiger partial charge in [-0.25, -0.2) is 0 Å². The van der Waals surface area contributed by atoms with Gasteiger partial charge in [0.1, 0.15) is 0 Å². The minimum atomic E-state index is -0.0670. The van der Waals surface area contributed by atoms with Crippen LogP contribution in [-0.2, 0) is 4.74 Å². The maximum Gasteiger partial charge on any atom is 0.275 e. The second kappa shape index (κ2) is 4.70. The van der Waals surface area contributed by atoms with Crippen molar-refractivity contribution in [2.24, 2.45) is 0 Å². The number of nitrogens with zero attached hydrogens (tertiary/aromatic N) is 3. The quantitative estimate of drug-likeness (QED) is 0.752. The Kier molecular flexibility index (Phi) is 2.90. The monoisotopic (exact) mass is 243 g/mol. The van der Waals surface area contributed by atoms with Gasteiger partial charge in [-0.3, -0.25) is 4.79 Å². The highest BCUT2D eigenvalue weighted by Gasteiger charge is 2.21. The number of ether oxygens (including phenoxy) is 1. The van der Waals surface area contributed by atoms with E-state index < -0.39 is 0 Å². The van der Waals surface area contributed by atoms with E-state index in [1.807, 2.05) is 24.3 Å². The first kappa shape index (κ1) is 11.1. The van der Waals surface area contributed by atoms with Gasteiger partial charge in [0, 0.05) is 23.9 Å². The van der Waals surface area contributed by atoms with Crippen LogP contribution in [0.15, 0.2) is 30.5 Å². The van der Waals surface area contributed by atoms with Gasteiger partial charge in [-0.1, -0.05) is 24.3 Å². The average Bonchev–Trinajstić information content (AvgIpc) is 2.47. The number of hydrogen-bond donors (Lipinski definition) is 0. The highest BCUT2D eigenvalue weighted by molar-refractivity contribution is 6.04. The first-order chi connectivity index (χ1) is 8.86. The van der Waals surface area contributed by atoms with Crippen molar-refractivity contribution in [3.05, 3.63) is 36.2 Å². The van der Waals surface area contributed by atoms with Gasteiger partial charge in [0.15, 0.2) is 5.69 Å². The van der Waals surface area contributed by atoms with Gasteiger partial charge < -0.3 is 9.64 Å². The molecule has 1 saturated heterocycles. The third-order valence-corrected chi connectivity index (χ3v) is 3.07. The fraction of sp³-hybridized carbons (Fsp3) is 0.308. The summed E-state index contributed by atoms with van der Waals surface area (Å²) >= 11 is 0. The van der Waals surface area contributed by atoms with E-state index >= 15 is 0 Å². The summed E-state index contributed by atoms with van der Waals surface area (Å²) in [7, 11) is 0. The van der Waals surface area contributed by atoms with Crippen LogP contribution >= 0.6 is 0 Å². The minimum Gasteiger partial charge on any atom is -0.378 e. The molecule has 5 nitrogen and oxygen atoms in total. The molecule has 0 bridgehead atoms. The molecular formula is C13H13N3O2. The van der Waals surface area contributed by atoms with Crippen LogP contribution in [0.25, 0.3) is 10.8 Å². The van der Waals surface area contributed by atoms with Crippen molar-refractivity contribution in [2.75, 3.05) is 26.3 Å². The summed E-state index contributed by atoms with van der Waals surface area (Å²) < 4.78 is 5.24. The highest BCUT2D eigenvalue weighted by atomic mass is 16.5. The summed E-state index contributed by atoms with van der Waals surface area (Å²) in [6.07, 6.45) is 1.67. The molecule has 18 heavy (non-hydrogen) atoms. The zero-order valence-electron chi connectivity index (χ0n) is 9.87. The van der Waals surface area contributed by atoms with Crippen LogP contribution in [0.4, 0.5) is 0 Å². The Morgan fingerprint density at radius 3 is 2.83 bits per heavy atom. The number of carbonyl (C=O) groups is 1. The summed E-state index contributed by atoms with van der Waals surface area (Å²) in [6, 6.07) is 7.66. The van der Waals surface area contributed by atoms with Crippen molar-refractivity contribution in [3.63, 3.8) is 0 Å². The molecule has 0 saturated carbocycles. The van der Waals surface area contributed by atoms with Crippen LogP contribution in [0.2, 0.25) is 0 Å². The molecule has 1 amide bonds. The molecule has 0 unspecified atom stereocenters. The van der Waals surface area contributed by atoms with Gasteiger partial charge in [-0.2, -0.15) is 5.10 Å². The van der Waals surface area contributed by atoms with E-state index in [2.05, 4.69) is 10.2 Å². The van der Waals surface area contributed by atoms with Crippen molar-refractivity contribution in [1.29, 1.82) is 0 Å². The largest absolute Gasteiger partial charge is 0.378 e. The summed E-state index contributed by atoms with van der Waals surface area (Å²) in [5, 5.41) is 9.69. The Bertz CT molecular complexity index is 574. The summed E-state index contributed by atoms with van der Waals surface area (Å²) in [5.74, 6) is -0.0670. The number of morpholine rings is 1. The lowest BCUT2D eigenvalue weighted by Gasteiger charge is -2.26. The molecule has 0 radical (unpaired) electrons.